The largest absolute Gasteiger partial charge is 0.487 e. The molecule has 0 unspecified atom stereocenters. The van der Waals surface area contributed by atoms with Crippen LogP contribution < -0.4 is 4.74 Å². The van der Waals surface area contributed by atoms with Crippen LogP contribution in [0.2, 0.25) is 10.0 Å². The number of pyridine rings is 1. The van der Waals surface area contributed by atoms with Crippen LogP contribution in [0.25, 0.3) is 0 Å². The number of carbonyl (C=O) groups excluding carboxylic acids is 1. The highest BCUT2D eigenvalue weighted by Crippen LogP contribution is 2.32. The Morgan fingerprint density at radius 1 is 1.35 bits per heavy atom. The highest BCUT2D eigenvalue weighted by atomic mass is 35.5. The second-order valence-electron chi connectivity index (χ2n) is 3.87. The standard InChI is InChI=1S/C14H8Cl2N2O2/c15-11-4-10(7-19)14(13(16)5-11)20-8-9-1-2-18-12(3-9)6-17/h1-5,7H,8H2. The summed E-state index contributed by atoms with van der Waals surface area (Å²) >= 11 is 11.8. The number of aldehydes is 1. The first-order valence-corrected chi connectivity index (χ1v) is 6.31. The van der Waals surface area contributed by atoms with Crippen molar-refractivity contribution in [2.75, 3.05) is 0 Å². The van der Waals surface area contributed by atoms with Crippen LogP contribution in [-0.4, -0.2) is 11.3 Å². The third kappa shape index (κ3) is 3.27. The van der Waals surface area contributed by atoms with Crippen molar-refractivity contribution in [1.82, 2.24) is 4.98 Å². The zero-order chi connectivity index (χ0) is 14.5. The monoisotopic (exact) mass is 306 g/mol. The van der Waals surface area contributed by atoms with Gasteiger partial charge in [0.25, 0.3) is 0 Å². The minimum Gasteiger partial charge on any atom is -0.487 e. The lowest BCUT2D eigenvalue weighted by atomic mass is 10.2. The van der Waals surface area contributed by atoms with Crippen LogP contribution in [0.1, 0.15) is 21.6 Å². The molecule has 1 aromatic heterocycles. The fraction of sp³-hybridized carbons (Fsp3) is 0.0714. The number of ether oxygens (including phenoxy) is 1. The lowest BCUT2D eigenvalue weighted by Gasteiger charge is -2.10. The number of nitrogens with zero attached hydrogens (tertiary/aromatic N) is 2. The Labute approximate surface area is 125 Å². The van der Waals surface area contributed by atoms with E-state index in [1.807, 2.05) is 6.07 Å². The average Bonchev–Trinajstić information content (AvgIpc) is 2.45. The summed E-state index contributed by atoms with van der Waals surface area (Å²) in [5.74, 6) is 0.265. The Morgan fingerprint density at radius 2 is 2.15 bits per heavy atom. The summed E-state index contributed by atoms with van der Waals surface area (Å²) < 4.78 is 5.54. The van der Waals surface area contributed by atoms with Crippen LogP contribution in [0.5, 0.6) is 5.75 Å². The molecule has 0 aliphatic heterocycles. The molecule has 0 atom stereocenters. The van der Waals surface area contributed by atoms with Crippen LogP contribution in [0.3, 0.4) is 0 Å². The Kier molecular flexibility index (Phi) is 4.57. The molecule has 100 valence electrons. The summed E-state index contributed by atoms with van der Waals surface area (Å²) in [6.45, 7) is 0.166. The van der Waals surface area contributed by atoms with Gasteiger partial charge < -0.3 is 4.74 Å². The minimum atomic E-state index is 0.166. The predicted octanol–water partition coefficient (Wildman–Crippen LogP) is 3.65. The summed E-state index contributed by atoms with van der Waals surface area (Å²) in [4.78, 5) is 14.9. The fourth-order valence-corrected chi connectivity index (χ4v) is 2.16. The van der Waals surface area contributed by atoms with Gasteiger partial charge in [0.1, 0.15) is 24.1 Å². The van der Waals surface area contributed by atoms with Crippen LogP contribution in [0, 0.1) is 11.3 Å². The molecular weight excluding hydrogens is 299 g/mol. The topological polar surface area (TPSA) is 63.0 Å². The first kappa shape index (κ1) is 14.3. The fourth-order valence-electron chi connectivity index (χ4n) is 1.60. The van der Waals surface area contributed by atoms with Crippen molar-refractivity contribution in [3.63, 3.8) is 0 Å². The van der Waals surface area contributed by atoms with Crippen molar-refractivity contribution in [3.05, 3.63) is 57.3 Å². The van der Waals surface area contributed by atoms with Crippen LogP contribution >= 0.6 is 23.2 Å². The van der Waals surface area contributed by atoms with E-state index < -0.39 is 0 Å². The zero-order valence-corrected chi connectivity index (χ0v) is 11.6. The Bertz CT molecular complexity index is 696. The van der Waals surface area contributed by atoms with Crippen LogP contribution in [0.4, 0.5) is 0 Å². The molecule has 1 aromatic carbocycles. The lowest BCUT2D eigenvalue weighted by Crippen LogP contribution is -2.00. The van der Waals surface area contributed by atoms with E-state index in [1.54, 1.807) is 12.1 Å². The summed E-state index contributed by atoms with van der Waals surface area (Å²) in [6, 6.07) is 8.23. The maximum Gasteiger partial charge on any atom is 0.153 e. The van der Waals surface area contributed by atoms with E-state index in [0.29, 0.717) is 17.0 Å². The van der Waals surface area contributed by atoms with Crippen molar-refractivity contribution in [3.8, 4) is 11.8 Å². The molecule has 4 nitrogen and oxygen atoms in total. The first-order valence-electron chi connectivity index (χ1n) is 5.56. The van der Waals surface area contributed by atoms with Gasteiger partial charge in [0, 0.05) is 11.2 Å². The van der Waals surface area contributed by atoms with E-state index in [0.717, 1.165) is 5.56 Å². The number of hydrogen-bond acceptors (Lipinski definition) is 4. The third-order valence-electron chi connectivity index (χ3n) is 2.49. The molecule has 0 bridgehead atoms. The van der Waals surface area contributed by atoms with Crippen LogP contribution in [0.15, 0.2) is 30.5 Å². The zero-order valence-electron chi connectivity index (χ0n) is 10.1. The number of nitriles is 1. The number of aromatic nitrogens is 1. The van der Waals surface area contributed by atoms with Crippen molar-refractivity contribution in [2.24, 2.45) is 0 Å². The van der Waals surface area contributed by atoms with Crippen molar-refractivity contribution in [2.45, 2.75) is 6.61 Å². The van der Waals surface area contributed by atoms with Gasteiger partial charge in [-0.05, 0) is 29.8 Å². The minimum absolute atomic E-state index is 0.166. The summed E-state index contributed by atoms with van der Waals surface area (Å²) in [6.07, 6.45) is 2.14. The highest BCUT2D eigenvalue weighted by Gasteiger charge is 2.10. The van der Waals surface area contributed by atoms with Crippen LogP contribution in [-0.2, 0) is 6.61 Å². The molecule has 0 aliphatic rings. The van der Waals surface area contributed by atoms with Gasteiger partial charge in [-0.1, -0.05) is 23.2 Å². The highest BCUT2D eigenvalue weighted by molar-refractivity contribution is 6.36. The van der Waals surface area contributed by atoms with E-state index in [2.05, 4.69) is 4.98 Å². The molecule has 1 heterocycles. The van der Waals surface area contributed by atoms with Gasteiger partial charge in [-0.3, -0.25) is 4.79 Å². The Hall–Kier alpha value is -2.09. The summed E-state index contributed by atoms with van der Waals surface area (Å²) in [5.41, 5.74) is 1.32. The second-order valence-corrected chi connectivity index (χ2v) is 4.72. The van der Waals surface area contributed by atoms with Gasteiger partial charge in [-0.2, -0.15) is 5.26 Å². The maximum absolute atomic E-state index is 11.0. The SMILES string of the molecule is N#Cc1cc(COc2c(Cl)cc(Cl)cc2C=O)ccn1. The number of carbonyl (C=O) groups is 1. The molecule has 0 fully saturated rings. The molecular formula is C14H8Cl2N2O2. The first-order chi connectivity index (χ1) is 9.63. The summed E-state index contributed by atoms with van der Waals surface area (Å²) in [7, 11) is 0. The average molecular weight is 307 g/mol. The van der Waals surface area contributed by atoms with Gasteiger partial charge in [0.2, 0.25) is 0 Å². The molecule has 0 saturated carbocycles. The second kappa shape index (κ2) is 6.38. The molecule has 0 amide bonds. The van der Waals surface area contributed by atoms with E-state index in [9.17, 15) is 4.79 Å². The molecule has 6 heteroatoms. The maximum atomic E-state index is 11.0. The Balaban J connectivity index is 2.23. The van der Waals surface area contributed by atoms with Crippen molar-refractivity contribution >= 4 is 29.5 Å². The molecule has 0 radical (unpaired) electrons. The molecule has 0 spiro atoms. The molecule has 0 aliphatic carbocycles. The number of rotatable bonds is 4. The van der Waals surface area contributed by atoms with Crippen molar-refractivity contribution < 1.29 is 9.53 Å². The van der Waals surface area contributed by atoms with Gasteiger partial charge in [0.15, 0.2) is 6.29 Å². The predicted molar refractivity (Wildman–Crippen MR) is 75.1 cm³/mol. The van der Waals surface area contributed by atoms with Gasteiger partial charge >= 0.3 is 0 Å². The smallest absolute Gasteiger partial charge is 0.153 e. The third-order valence-corrected chi connectivity index (χ3v) is 2.99. The van der Waals surface area contributed by atoms with Gasteiger partial charge in [-0.15, -0.1) is 0 Å². The van der Waals surface area contributed by atoms with E-state index in [4.69, 9.17) is 33.2 Å². The Morgan fingerprint density at radius 3 is 2.85 bits per heavy atom. The molecule has 2 aromatic rings. The molecule has 0 saturated heterocycles. The quantitative estimate of drug-likeness (QED) is 0.809. The summed E-state index contributed by atoms with van der Waals surface area (Å²) in [5, 5.41) is 9.39. The van der Waals surface area contributed by atoms with Gasteiger partial charge in [-0.25, -0.2) is 4.98 Å². The normalized spacial score (nSPS) is 9.85. The molecule has 0 N–H and O–H groups in total. The molecule has 20 heavy (non-hydrogen) atoms. The van der Waals surface area contributed by atoms with Gasteiger partial charge in [0.05, 0.1) is 10.6 Å². The number of benzene rings is 1. The van der Waals surface area contributed by atoms with E-state index in [-0.39, 0.29) is 22.9 Å². The number of hydrogen-bond donors (Lipinski definition) is 0. The molecule has 2 rings (SSSR count). The van der Waals surface area contributed by atoms with Crippen molar-refractivity contribution in [1.29, 1.82) is 5.26 Å². The van der Waals surface area contributed by atoms with E-state index >= 15 is 0 Å². The van der Waals surface area contributed by atoms with E-state index in [1.165, 1.54) is 18.3 Å². The number of halogens is 2. The lowest BCUT2D eigenvalue weighted by molar-refractivity contribution is 0.111.